The summed E-state index contributed by atoms with van der Waals surface area (Å²) in [6.45, 7) is 0.0110. The van der Waals surface area contributed by atoms with Crippen molar-refractivity contribution in [2.75, 3.05) is 19.5 Å². The van der Waals surface area contributed by atoms with Gasteiger partial charge in [0.05, 0.1) is 19.1 Å². The van der Waals surface area contributed by atoms with Crippen molar-refractivity contribution in [1.29, 1.82) is 0 Å². The molecule has 2 aromatic heterocycles. The fraction of sp³-hybridized carbons (Fsp3) is 0.200. The summed E-state index contributed by atoms with van der Waals surface area (Å²) in [6.07, 6.45) is 4.31. The molecule has 0 aliphatic rings. The zero-order valence-electron chi connectivity index (χ0n) is 21.6. The molecule has 0 saturated carbocycles. The van der Waals surface area contributed by atoms with Crippen LogP contribution in [0.3, 0.4) is 0 Å². The summed E-state index contributed by atoms with van der Waals surface area (Å²) in [6, 6.07) is 10.9. The molecular formula is C25H26F5N5O3S2. The number of methoxy groups -OCH3 is 1. The van der Waals surface area contributed by atoms with Gasteiger partial charge in [0.15, 0.2) is 0 Å². The number of nitrogens with zero attached hydrogens (tertiary/aromatic N) is 4. The number of hydrogen-bond donors (Lipinski definition) is 1. The van der Waals surface area contributed by atoms with Crippen molar-refractivity contribution < 1.29 is 32.6 Å². The van der Waals surface area contributed by atoms with E-state index in [0.29, 0.717) is 29.1 Å². The number of nitrogens with one attached hydrogen (secondary N) is 1. The fourth-order valence-corrected chi connectivity index (χ4v) is 5.56. The predicted octanol–water partition coefficient (Wildman–Crippen LogP) is 6.58. The van der Waals surface area contributed by atoms with Gasteiger partial charge < -0.3 is 14.6 Å². The van der Waals surface area contributed by atoms with Crippen LogP contribution < -0.4 is 10.1 Å². The van der Waals surface area contributed by atoms with E-state index in [9.17, 15) is 27.8 Å². The molecule has 0 bridgehead atoms. The van der Waals surface area contributed by atoms with Crippen LogP contribution in [0.5, 0.6) is 5.75 Å². The highest BCUT2D eigenvalue weighted by Crippen LogP contribution is 3.02. The van der Waals surface area contributed by atoms with Crippen LogP contribution >= 0.6 is 10.2 Å². The normalized spacial score (nSPS) is 14.0. The molecule has 8 nitrogen and oxygen atoms in total. The molecule has 0 atom stereocenters. The number of ether oxygens (including phenoxy) is 1. The Morgan fingerprint density at radius 2 is 1.60 bits per heavy atom. The van der Waals surface area contributed by atoms with Crippen LogP contribution in [-0.2, 0) is 30.2 Å². The van der Waals surface area contributed by atoms with Gasteiger partial charge in [0.1, 0.15) is 21.4 Å². The standard InChI is InChI=1S/C25H26F5N5O3S2/c1-34-16-24(33-17-34)23-12-21(39(36,37)35(2)15-19-4-8-20(38-3)9-5-19)14-32-25(23)31-13-18-6-10-22(11-7-18)40(26,27,28,29)30/h4-12,14,16-17H,13,15H2,1-3H3,(H,31,32). The van der Waals surface area contributed by atoms with Crippen LogP contribution in [0.25, 0.3) is 11.3 Å². The molecule has 0 radical (unpaired) electrons. The molecule has 0 saturated heterocycles. The van der Waals surface area contributed by atoms with Crippen LogP contribution in [0.4, 0.5) is 25.2 Å². The number of pyridine rings is 1. The van der Waals surface area contributed by atoms with Crippen molar-refractivity contribution >= 4 is 26.1 Å². The molecule has 15 heteroatoms. The smallest absolute Gasteiger partial charge is 0.310 e. The lowest BCUT2D eigenvalue weighted by Crippen LogP contribution is -2.26. The lowest BCUT2D eigenvalue weighted by atomic mass is 10.2. The summed E-state index contributed by atoms with van der Waals surface area (Å²) in [5, 5.41) is 2.93. The van der Waals surface area contributed by atoms with Gasteiger partial charge in [-0.2, -0.15) is 4.31 Å². The quantitative estimate of drug-likeness (QED) is 0.206. The predicted molar refractivity (Wildman–Crippen MR) is 143 cm³/mol. The van der Waals surface area contributed by atoms with Crippen LogP contribution in [0.2, 0.25) is 0 Å². The summed E-state index contributed by atoms with van der Waals surface area (Å²) in [5.74, 6) is 0.837. The van der Waals surface area contributed by atoms with Gasteiger partial charge in [-0.25, -0.2) is 18.4 Å². The molecule has 0 fully saturated rings. The maximum atomic E-state index is 13.4. The number of halogens is 5. The van der Waals surface area contributed by atoms with E-state index < -0.39 is 25.1 Å². The van der Waals surface area contributed by atoms with Crippen molar-refractivity contribution in [1.82, 2.24) is 18.8 Å². The van der Waals surface area contributed by atoms with E-state index in [1.807, 2.05) is 0 Å². The van der Waals surface area contributed by atoms with E-state index in [1.165, 1.54) is 30.9 Å². The number of sulfonamides is 1. The second-order valence-corrected chi connectivity index (χ2v) is 13.5. The largest absolute Gasteiger partial charge is 0.497 e. The minimum Gasteiger partial charge on any atom is -0.497 e. The maximum absolute atomic E-state index is 13.4. The summed E-state index contributed by atoms with van der Waals surface area (Å²) in [4.78, 5) is 6.44. The topological polar surface area (TPSA) is 89.4 Å². The summed E-state index contributed by atoms with van der Waals surface area (Å²) in [5.41, 5.74) is 1.72. The first-order valence-corrected chi connectivity index (χ1v) is 15.0. The number of anilines is 1. The van der Waals surface area contributed by atoms with Gasteiger partial charge in [-0.15, -0.1) is 0 Å². The first-order chi connectivity index (χ1) is 18.5. The van der Waals surface area contributed by atoms with Crippen molar-refractivity contribution in [3.8, 4) is 17.0 Å². The number of imidazole rings is 1. The lowest BCUT2D eigenvalue weighted by Gasteiger charge is -2.40. The average Bonchev–Trinajstić information content (AvgIpc) is 3.32. The molecule has 1 N–H and O–H groups in total. The Morgan fingerprint density at radius 3 is 2.15 bits per heavy atom. The van der Waals surface area contributed by atoms with Crippen molar-refractivity contribution in [3.63, 3.8) is 0 Å². The zero-order valence-corrected chi connectivity index (χ0v) is 23.2. The van der Waals surface area contributed by atoms with E-state index in [1.54, 1.807) is 42.1 Å². The van der Waals surface area contributed by atoms with E-state index in [2.05, 4.69) is 15.3 Å². The van der Waals surface area contributed by atoms with Crippen LogP contribution in [0, 0.1) is 0 Å². The Kier molecular flexibility index (Phi) is 7.14. The monoisotopic (exact) mass is 603 g/mol. The summed E-state index contributed by atoms with van der Waals surface area (Å²) in [7, 11) is -9.08. The van der Waals surface area contributed by atoms with E-state index in [-0.39, 0.29) is 29.4 Å². The van der Waals surface area contributed by atoms with Gasteiger partial charge in [-0.05, 0) is 41.5 Å². The second kappa shape index (κ2) is 9.74. The molecule has 0 aliphatic heterocycles. The molecule has 2 aromatic carbocycles. The molecule has 0 unspecified atom stereocenters. The Balaban J connectivity index is 1.60. The van der Waals surface area contributed by atoms with Gasteiger partial charge in [-0.1, -0.05) is 43.7 Å². The summed E-state index contributed by atoms with van der Waals surface area (Å²) >= 11 is 0. The third-order valence-electron chi connectivity index (χ3n) is 5.94. The number of aromatic nitrogens is 3. The van der Waals surface area contributed by atoms with Crippen LogP contribution in [0.1, 0.15) is 11.1 Å². The van der Waals surface area contributed by atoms with E-state index in [4.69, 9.17) is 4.74 Å². The highest BCUT2D eigenvalue weighted by atomic mass is 32.5. The highest BCUT2D eigenvalue weighted by molar-refractivity contribution is 8.45. The average molecular weight is 604 g/mol. The lowest BCUT2D eigenvalue weighted by molar-refractivity contribution is 0.364. The van der Waals surface area contributed by atoms with Crippen molar-refractivity contribution in [2.45, 2.75) is 22.9 Å². The molecule has 2 heterocycles. The Morgan fingerprint density at radius 1 is 0.975 bits per heavy atom. The first-order valence-electron chi connectivity index (χ1n) is 11.6. The molecule has 4 rings (SSSR count). The molecule has 40 heavy (non-hydrogen) atoms. The molecule has 0 aliphatic carbocycles. The second-order valence-electron chi connectivity index (χ2n) is 9.07. The Hall–Kier alpha value is -3.69. The Labute approximate surface area is 228 Å². The minimum absolute atomic E-state index is 0.0725. The maximum Gasteiger partial charge on any atom is 0.310 e. The van der Waals surface area contributed by atoms with Crippen LogP contribution in [-0.4, -0.2) is 41.4 Å². The van der Waals surface area contributed by atoms with Gasteiger partial charge in [0, 0.05) is 45.1 Å². The van der Waals surface area contributed by atoms with Gasteiger partial charge in [-0.3, -0.25) is 0 Å². The third kappa shape index (κ3) is 6.71. The van der Waals surface area contributed by atoms with Crippen LogP contribution in [0.15, 0.2) is 83.1 Å². The zero-order chi connectivity index (χ0) is 29.4. The van der Waals surface area contributed by atoms with Crippen molar-refractivity contribution in [3.05, 3.63) is 84.4 Å². The SMILES string of the molecule is COc1ccc(CN(C)S(=O)(=O)c2cnc(NCc3ccc(S(F)(F)(F)(F)F)cc3)c(-c3cn(C)cn3)c2)cc1. The molecule has 4 aromatic rings. The van der Waals surface area contributed by atoms with E-state index in [0.717, 1.165) is 23.9 Å². The van der Waals surface area contributed by atoms with E-state index >= 15 is 0 Å². The number of hydrogen-bond acceptors (Lipinski definition) is 6. The van der Waals surface area contributed by atoms with Gasteiger partial charge in [0.2, 0.25) is 10.0 Å². The molecular weight excluding hydrogens is 577 g/mol. The molecule has 0 spiro atoms. The minimum atomic E-state index is -9.78. The number of aryl methyl sites for hydroxylation is 1. The first kappa shape index (κ1) is 29.3. The number of rotatable bonds is 10. The Bertz CT molecular complexity index is 1630. The van der Waals surface area contributed by atoms with Crippen molar-refractivity contribution in [2.24, 2.45) is 7.05 Å². The summed E-state index contributed by atoms with van der Waals surface area (Å²) < 4.78 is 99.8. The third-order valence-corrected chi connectivity index (χ3v) is 8.88. The number of benzene rings is 2. The fourth-order valence-electron chi connectivity index (χ4n) is 3.78. The van der Waals surface area contributed by atoms with Gasteiger partial charge in [0.25, 0.3) is 0 Å². The molecule has 0 amide bonds. The molecule has 216 valence electrons. The highest BCUT2D eigenvalue weighted by Gasteiger charge is 2.65. The van der Waals surface area contributed by atoms with Gasteiger partial charge >= 0.3 is 10.2 Å².